The summed E-state index contributed by atoms with van der Waals surface area (Å²) in [5.74, 6) is 0.946. The minimum absolute atomic E-state index is 0.716. The van der Waals surface area contributed by atoms with E-state index < -0.39 is 8.07 Å². The highest BCUT2D eigenvalue weighted by Crippen LogP contribution is 2.37. The summed E-state index contributed by atoms with van der Waals surface area (Å²) < 4.78 is 0. The fourth-order valence-corrected chi connectivity index (χ4v) is 9.03. The zero-order valence-electron chi connectivity index (χ0n) is 18.9. The van der Waals surface area contributed by atoms with Crippen molar-refractivity contribution < 1.29 is 0 Å². The number of hydrogen-bond donors (Lipinski definition) is 0. The van der Waals surface area contributed by atoms with Crippen molar-refractivity contribution >= 4 is 13.3 Å². The summed E-state index contributed by atoms with van der Waals surface area (Å²) in [5.41, 5.74) is 5.75. The first-order chi connectivity index (χ1) is 15.1. The second-order valence-corrected chi connectivity index (χ2v) is 14.2. The molecule has 0 saturated carbocycles. The first kappa shape index (κ1) is 21.6. The van der Waals surface area contributed by atoms with E-state index in [1.807, 2.05) is 12.1 Å². The van der Waals surface area contributed by atoms with Crippen LogP contribution in [0.3, 0.4) is 0 Å². The number of rotatable bonds is 6. The Balaban J connectivity index is 1.70. The molecule has 1 fully saturated rings. The largest absolute Gasteiger partial charge is 0.192 e. The lowest BCUT2D eigenvalue weighted by Crippen LogP contribution is -2.47. The Morgan fingerprint density at radius 2 is 1.55 bits per heavy atom. The van der Waals surface area contributed by atoms with Gasteiger partial charge < -0.3 is 0 Å². The molecule has 1 nitrogen and oxygen atoms in total. The van der Waals surface area contributed by atoms with Crippen molar-refractivity contribution in [2.24, 2.45) is 5.92 Å². The average Bonchev–Trinajstić information content (AvgIpc) is 2.84. The van der Waals surface area contributed by atoms with Crippen LogP contribution < -0.4 is 5.19 Å². The molecule has 1 aliphatic heterocycles. The van der Waals surface area contributed by atoms with Gasteiger partial charge in [0.25, 0.3) is 0 Å². The van der Waals surface area contributed by atoms with Crippen LogP contribution in [0.15, 0.2) is 72.8 Å². The Labute approximate surface area is 188 Å². The molecule has 0 bridgehead atoms. The maximum atomic E-state index is 9.21. The van der Waals surface area contributed by atoms with Crippen molar-refractivity contribution in [2.45, 2.75) is 57.7 Å². The lowest BCUT2D eigenvalue weighted by molar-refractivity contribution is 0.420. The van der Waals surface area contributed by atoms with Crippen LogP contribution in [-0.4, -0.2) is 8.07 Å². The van der Waals surface area contributed by atoms with Gasteiger partial charge in [-0.25, -0.2) is 0 Å². The molecule has 4 rings (SSSR count). The van der Waals surface area contributed by atoms with E-state index in [0.717, 1.165) is 5.92 Å². The van der Waals surface area contributed by atoms with E-state index in [4.69, 9.17) is 0 Å². The quantitative estimate of drug-likeness (QED) is 0.371. The number of nitriles is 1. The standard InChI is InChI=1S/C29H33NSi/c1-3-4-8-23-17-19-31(2,20-18-23)27-15-16-28(25-9-6-5-7-10-25)29(21-27)26-13-11-24(22-30)12-14-26/h5-7,9-16,21,23H,3-4,8,17-20H2,1-2H3/t23-,31-. The molecule has 0 aromatic heterocycles. The van der Waals surface area contributed by atoms with Crippen molar-refractivity contribution in [3.63, 3.8) is 0 Å². The fourth-order valence-electron chi connectivity index (χ4n) is 5.14. The number of benzene rings is 3. The van der Waals surface area contributed by atoms with Crippen molar-refractivity contribution in [2.75, 3.05) is 0 Å². The molecule has 0 spiro atoms. The minimum atomic E-state index is -1.45. The molecule has 2 heteroatoms. The second kappa shape index (κ2) is 9.67. The zero-order chi connectivity index (χ0) is 21.7. The minimum Gasteiger partial charge on any atom is -0.192 e. The van der Waals surface area contributed by atoms with Gasteiger partial charge in [-0.3, -0.25) is 0 Å². The first-order valence-corrected chi connectivity index (χ1v) is 14.7. The van der Waals surface area contributed by atoms with E-state index in [1.165, 1.54) is 66.4 Å². The van der Waals surface area contributed by atoms with Gasteiger partial charge in [-0.1, -0.05) is 124 Å². The molecule has 31 heavy (non-hydrogen) atoms. The molecule has 0 N–H and O–H groups in total. The molecule has 1 heterocycles. The number of unbranched alkanes of at least 4 members (excludes halogenated alkanes) is 1. The SMILES string of the molecule is CCCC[C@H]1CC[Si@](C)(c2ccc(-c3ccccc3)c(-c3ccc(C#N)cc3)c2)CC1. The van der Waals surface area contributed by atoms with E-state index in [-0.39, 0.29) is 0 Å². The monoisotopic (exact) mass is 423 g/mol. The van der Waals surface area contributed by atoms with Gasteiger partial charge in [0.1, 0.15) is 0 Å². The molecule has 158 valence electrons. The maximum Gasteiger partial charge on any atom is 0.0991 e. The molecule has 1 aliphatic rings. The number of hydrogen-bond acceptors (Lipinski definition) is 1. The highest BCUT2D eigenvalue weighted by Gasteiger charge is 2.34. The summed E-state index contributed by atoms with van der Waals surface area (Å²) in [6.45, 7) is 4.91. The third kappa shape index (κ3) is 4.83. The van der Waals surface area contributed by atoms with Gasteiger partial charge >= 0.3 is 0 Å². The summed E-state index contributed by atoms with van der Waals surface area (Å²) in [4.78, 5) is 0. The van der Waals surface area contributed by atoms with Crippen LogP contribution >= 0.6 is 0 Å². The third-order valence-corrected chi connectivity index (χ3v) is 11.8. The molecular weight excluding hydrogens is 390 g/mol. The fraction of sp³-hybridized carbons (Fsp3) is 0.345. The average molecular weight is 424 g/mol. The summed E-state index contributed by atoms with van der Waals surface area (Å²) in [7, 11) is -1.45. The third-order valence-electron chi connectivity index (χ3n) is 7.30. The molecule has 1 saturated heterocycles. The Kier molecular flexibility index (Phi) is 6.73. The first-order valence-electron chi connectivity index (χ1n) is 11.8. The number of nitrogens with zero attached hydrogens (tertiary/aromatic N) is 1. The lowest BCUT2D eigenvalue weighted by Gasteiger charge is -2.36. The van der Waals surface area contributed by atoms with E-state index >= 15 is 0 Å². The van der Waals surface area contributed by atoms with Gasteiger partial charge in [0, 0.05) is 0 Å². The Morgan fingerprint density at radius 1 is 0.871 bits per heavy atom. The van der Waals surface area contributed by atoms with Crippen LogP contribution in [0.5, 0.6) is 0 Å². The summed E-state index contributed by atoms with van der Waals surface area (Å²) in [5, 5.41) is 10.8. The smallest absolute Gasteiger partial charge is 0.0991 e. The molecule has 0 radical (unpaired) electrons. The van der Waals surface area contributed by atoms with Gasteiger partial charge in [0.05, 0.1) is 19.7 Å². The van der Waals surface area contributed by atoms with Crippen molar-refractivity contribution in [3.05, 3.63) is 78.4 Å². The summed E-state index contributed by atoms with van der Waals surface area (Å²) in [6.07, 6.45) is 6.95. The van der Waals surface area contributed by atoms with Gasteiger partial charge in [-0.2, -0.15) is 5.26 Å². The lowest BCUT2D eigenvalue weighted by atomic mass is 9.94. The zero-order valence-corrected chi connectivity index (χ0v) is 19.9. The van der Waals surface area contributed by atoms with Crippen LogP contribution in [0.4, 0.5) is 0 Å². The Bertz CT molecular complexity index is 1040. The molecular formula is C29H33NSi. The Morgan fingerprint density at radius 3 is 2.19 bits per heavy atom. The topological polar surface area (TPSA) is 23.8 Å². The molecule has 3 aromatic carbocycles. The van der Waals surface area contributed by atoms with Crippen molar-refractivity contribution in [3.8, 4) is 28.3 Å². The molecule has 0 unspecified atom stereocenters. The van der Waals surface area contributed by atoms with Crippen LogP contribution in [0.1, 0.15) is 44.6 Å². The van der Waals surface area contributed by atoms with Crippen LogP contribution in [0.25, 0.3) is 22.3 Å². The summed E-state index contributed by atoms with van der Waals surface area (Å²) >= 11 is 0. The van der Waals surface area contributed by atoms with E-state index in [1.54, 1.807) is 5.19 Å². The van der Waals surface area contributed by atoms with Crippen LogP contribution in [0.2, 0.25) is 18.6 Å². The molecule has 0 atom stereocenters. The molecule has 0 aliphatic carbocycles. The highest BCUT2D eigenvalue weighted by atomic mass is 28.3. The van der Waals surface area contributed by atoms with Crippen LogP contribution in [0, 0.1) is 17.2 Å². The van der Waals surface area contributed by atoms with E-state index in [9.17, 15) is 5.26 Å². The second-order valence-electron chi connectivity index (χ2n) is 9.46. The van der Waals surface area contributed by atoms with E-state index in [0.29, 0.717) is 5.56 Å². The van der Waals surface area contributed by atoms with Crippen molar-refractivity contribution in [1.82, 2.24) is 0 Å². The van der Waals surface area contributed by atoms with Gasteiger partial charge in [-0.15, -0.1) is 0 Å². The predicted octanol–water partition coefficient (Wildman–Crippen LogP) is 7.78. The van der Waals surface area contributed by atoms with Crippen molar-refractivity contribution in [1.29, 1.82) is 5.26 Å². The van der Waals surface area contributed by atoms with Gasteiger partial charge in [0.15, 0.2) is 0 Å². The van der Waals surface area contributed by atoms with Crippen LogP contribution in [-0.2, 0) is 0 Å². The molecule has 3 aromatic rings. The van der Waals surface area contributed by atoms with E-state index in [2.05, 4.69) is 80.2 Å². The van der Waals surface area contributed by atoms with Gasteiger partial charge in [-0.05, 0) is 40.3 Å². The molecule has 0 amide bonds. The highest BCUT2D eigenvalue weighted by molar-refractivity contribution is 6.91. The maximum absolute atomic E-state index is 9.21. The predicted molar refractivity (Wildman–Crippen MR) is 135 cm³/mol. The normalized spacial score (nSPS) is 20.9. The van der Waals surface area contributed by atoms with Gasteiger partial charge in [0.2, 0.25) is 0 Å². The summed E-state index contributed by atoms with van der Waals surface area (Å²) in [6, 6.07) is 31.1. The Hall–Kier alpha value is -2.63.